The first-order chi connectivity index (χ1) is 12.5. The number of hydrogen-bond acceptors (Lipinski definition) is 2. The highest BCUT2D eigenvalue weighted by Crippen LogP contribution is 2.18. The molecule has 1 unspecified atom stereocenters. The number of benzene rings is 2. The van der Waals surface area contributed by atoms with E-state index in [0.29, 0.717) is 24.5 Å². The molecule has 0 bridgehead atoms. The quantitative estimate of drug-likeness (QED) is 0.885. The van der Waals surface area contributed by atoms with Crippen LogP contribution in [0.5, 0.6) is 0 Å². The van der Waals surface area contributed by atoms with Crippen LogP contribution in [-0.2, 0) is 11.3 Å². The van der Waals surface area contributed by atoms with E-state index >= 15 is 0 Å². The van der Waals surface area contributed by atoms with E-state index in [-0.39, 0.29) is 11.5 Å². The largest absolute Gasteiger partial charge is 0.340 e. The Morgan fingerprint density at radius 1 is 1.19 bits per heavy atom. The maximum Gasteiger partial charge on any atom is 0.252 e. The van der Waals surface area contributed by atoms with Crippen molar-refractivity contribution in [1.82, 2.24) is 10.2 Å². The van der Waals surface area contributed by atoms with Gasteiger partial charge in [0.2, 0.25) is 5.91 Å². The minimum absolute atomic E-state index is 0.118. The molecular formula is C20H20ClFN2O2. The number of hydrogen-bond donors (Lipinski definition) is 1. The molecule has 1 N–H and O–H groups in total. The molecule has 2 aromatic rings. The number of halogens is 2. The van der Waals surface area contributed by atoms with Gasteiger partial charge in [0.1, 0.15) is 11.9 Å². The normalized spacial score (nSPS) is 17.7. The fraction of sp³-hybridized carbons (Fsp3) is 0.300. The van der Waals surface area contributed by atoms with Gasteiger partial charge < -0.3 is 10.2 Å². The second kappa shape index (κ2) is 8.32. The number of carbonyl (C=O) groups is 2. The highest BCUT2D eigenvalue weighted by Gasteiger charge is 2.28. The van der Waals surface area contributed by atoms with Crippen molar-refractivity contribution in [3.05, 3.63) is 70.5 Å². The highest BCUT2D eigenvalue weighted by atomic mass is 35.5. The number of carbonyl (C=O) groups excluding carboxylic acids is 2. The van der Waals surface area contributed by atoms with Crippen LogP contribution in [0.2, 0.25) is 5.02 Å². The topological polar surface area (TPSA) is 49.4 Å². The fourth-order valence-corrected chi connectivity index (χ4v) is 3.34. The third-order valence-corrected chi connectivity index (χ3v) is 4.67. The van der Waals surface area contributed by atoms with Crippen LogP contribution in [-0.4, -0.2) is 29.3 Å². The Hall–Kier alpha value is -2.40. The Kier molecular flexibility index (Phi) is 5.89. The summed E-state index contributed by atoms with van der Waals surface area (Å²) < 4.78 is 13.3. The molecule has 0 spiro atoms. The van der Waals surface area contributed by atoms with Crippen molar-refractivity contribution >= 4 is 23.4 Å². The summed E-state index contributed by atoms with van der Waals surface area (Å²) in [4.78, 5) is 27.0. The molecule has 1 aliphatic rings. The molecule has 1 atom stereocenters. The lowest BCUT2D eigenvalue weighted by Gasteiger charge is -2.25. The van der Waals surface area contributed by atoms with E-state index in [9.17, 15) is 14.0 Å². The van der Waals surface area contributed by atoms with Gasteiger partial charge in [-0.1, -0.05) is 29.8 Å². The van der Waals surface area contributed by atoms with Gasteiger partial charge in [0, 0.05) is 23.7 Å². The summed E-state index contributed by atoms with van der Waals surface area (Å²) in [5.74, 6) is -1.04. The zero-order chi connectivity index (χ0) is 18.5. The van der Waals surface area contributed by atoms with Crippen LogP contribution in [0.25, 0.3) is 0 Å². The van der Waals surface area contributed by atoms with Crippen molar-refractivity contribution in [3.8, 4) is 0 Å². The van der Waals surface area contributed by atoms with Crippen molar-refractivity contribution in [1.29, 1.82) is 0 Å². The monoisotopic (exact) mass is 374 g/mol. The van der Waals surface area contributed by atoms with Crippen molar-refractivity contribution < 1.29 is 14.0 Å². The van der Waals surface area contributed by atoms with E-state index in [0.717, 1.165) is 18.4 Å². The molecule has 6 heteroatoms. The summed E-state index contributed by atoms with van der Waals surface area (Å²) in [5, 5.41) is 3.38. The Bertz CT molecular complexity index is 812. The lowest BCUT2D eigenvalue weighted by atomic mass is 10.1. The van der Waals surface area contributed by atoms with Gasteiger partial charge in [0.25, 0.3) is 5.91 Å². The Balaban J connectivity index is 1.71. The summed E-state index contributed by atoms with van der Waals surface area (Å²) in [7, 11) is 0. The zero-order valence-corrected chi connectivity index (χ0v) is 15.0. The smallest absolute Gasteiger partial charge is 0.252 e. The van der Waals surface area contributed by atoms with E-state index in [4.69, 9.17) is 11.6 Å². The predicted octanol–water partition coefficient (Wildman–Crippen LogP) is 3.79. The van der Waals surface area contributed by atoms with Gasteiger partial charge in [0.15, 0.2) is 0 Å². The first-order valence-corrected chi connectivity index (χ1v) is 9.00. The average Bonchev–Trinajstić information content (AvgIpc) is 2.78. The van der Waals surface area contributed by atoms with Gasteiger partial charge in [-0.05, 0) is 55.2 Å². The summed E-state index contributed by atoms with van der Waals surface area (Å²) in [6, 6.07) is 12.2. The molecule has 1 aliphatic heterocycles. The molecule has 2 amide bonds. The SMILES string of the molecule is O=C(NC1CCCCN(Cc2cccc(Cl)c2)C1=O)c1cccc(F)c1. The van der Waals surface area contributed by atoms with Crippen LogP contribution in [0.1, 0.15) is 35.2 Å². The van der Waals surface area contributed by atoms with Crippen molar-refractivity contribution in [3.63, 3.8) is 0 Å². The van der Waals surface area contributed by atoms with Crippen LogP contribution in [0, 0.1) is 5.82 Å². The highest BCUT2D eigenvalue weighted by molar-refractivity contribution is 6.30. The van der Waals surface area contributed by atoms with E-state index in [1.54, 1.807) is 11.0 Å². The van der Waals surface area contributed by atoms with E-state index in [2.05, 4.69) is 5.32 Å². The van der Waals surface area contributed by atoms with Crippen LogP contribution < -0.4 is 5.32 Å². The summed E-state index contributed by atoms with van der Waals surface area (Å²) in [6.45, 7) is 1.09. The molecule has 1 heterocycles. The lowest BCUT2D eigenvalue weighted by molar-refractivity contribution is -0.133. The number of nitrogens with zero attached hydrogens (tertiary/aromatic N) is 1. The Labute approximate surface area is 157 Å². The van der Waals surface area contributed by atoms with Crippen molar-refractivity contribution in [2.45, 2.75) is 31.8 Å². The predicted molar refractivity (Wildman–Crippen MR) is 98.4 cm³/mol. The summed E-state index contributed by atoms with van der Waals surface area (Å²) in [6.07, 6.45) is 2.29. The summed E-state index contributed by atoms with van der Waals surface area (Å²) in [5.41, 5.74) is 1.16. The van der Waals surface area contributed by atoms with Crippen LogP contribution >= 0.6 is 11.6 Å². The molecule has 2 aromatic carbocycles. The second-order valence-corrected chi connectivity index (χ2v) is 6.86. The summed E-state index contributed by atoms with van der Waals surface area (Å²) >= 11 is 6.02. The number of rotatable bonds is 4. The molecule has 4 nitrogen and oxygen atoms in total. The second-order valence-electron chi connectivity index (χ2n) is 6.42. The van der Waals surface area contributed by atoms with Crippen LogP contribution in [0.4, 0.5) is 4.39 Å². The number of likely N-dealkylation sites (tertiary alicyclic amines) is 1. The minimum atomic E-state index is -0.604. The van der Waals surface area contributed by atoms with Gasteiger partial charge in [0.05, 0.1) is 0 Å². The standard InChI is InChI=1S/C20H20ClFN2O2/c21-16-7-3-5-14(11-16)13-24-10-2-1-9-18(20(24)26)23-19(25)15-6-4-8-17(22)12-15/h3-8,11-12,18H,1-2,9-10,13H2,(H,23,25). The Morgan fingerprint density at radius 3 is 2.77 bits per heavy atom. The molecule has 3 rings (SSSR count). The van der Waals surface area contributed by atoms with Crippen LogP contribution in [0.3, 0.4) is 0 Å². The maximum atomic E-state index is 13.3. The third kappa shape index (κ3) is 4.61. The molecule has 0 aliphatic carbocycles. The first kappa shape index (κ1) is 18.4. The van der Waals surface area contributed by atoms with Gasteiger partial charge in [-0.25, -0.2) is 4.39 Å². The molecule has 0 aromatic heterocycles. The molecule has 26 heavy (non-hydrogen) atoms. The lowest BCUT2D eigenvalue weighted by Crippen LogP contribution is -2.47. The van der Waals surface area contributed by atoms with Gasteiger partial charge in [-0.3, -0.25) is 9.59 Å². The molecular weight excluding hydrogens is 355 g/mol. The van der Waals surface area contributed by atoms with Gasteiger partial charge in [-0.15, -0.1) is 0 Å². The maximum absolute atomic E-state index is 13.3. The molecule has 0 saturated carbocycles. The first-order valence-electron chi connectivity index (χ1n) is 8.62. The molecule has 1 fully saturated rings. The molecule has 0 radical (unpaired) electrons. The van der Waals surface area contributed by atoms with Crippen LogP contribution in [0.15, 0.2) is 48.5 Å². The zero-order valence-electron chi connectivity index (χ0n) is 14.3. The number of amides is 2. The molecule has 1 saturated heterocycles. The van der Waals surface area contributed by atoms with E-state index in [1.165, 1.54) is 24.3 Å². The number of nitrogens with one attached hydrogen (secondary N) is 1. The minimum Gasteiger partial charge on any atom is -0.340 e. The van der Waals surface area contributed by atoms with Crippen molar-refractivity contribution in [2.24, 2.45) is 0 Å². The van der Waals surface area contributed by atoms with Crippen molar-refractivity contribution in [2.75, 3.05) is 6.54 Å². The van der Waals surface area contributed by atoms with E-state index in [1.807, 2.05) is 18.2 Å². The van der Waals surface area contributed by atoms with Gasteiger partial charge >= 0.3 is 0 Å². The average molecular weight is 375 g/mol. The molecule has 136 valence electrons. The fourth-order valence-electron chi connectivity index (χ4n) is 3.12. The Morgan fingerprint density at radius 2 is 2.00 bits per heavy atom. The van der Waals surface area contributed by atoms with E-state index < -0.39 is 17.8 Å². The van der Waals surface area contributed by atoms with Gasteiger partial charge in [-0.2, -0.15) is 0 Å². The third-order valence-electron chi connectivity index (χ3n) is 4.44.